The van der Waals surface area contributed by atoms with Gasteiger partial charge in [0.15, 0.2) is 0 Å². The number of unbranched alkanes of at least 4 members (excludes halogenated alkanes) is 1. The summed E-state index contributed by atoms with van der Waals surface area (Å²) in [7, 11) is 0. The fourth-order valence-corrected chi connectivity index (χ4v) is 3.06. The molecule has 2 fully saturated rings. The van der Waals surface area contributed by atoms with Crippen molar-refractivity contribution in [2.75, 3.05) is 39.3 Å². The van der Waals surface area contributed by atoms with Crippen LogP contribution in [0, 0.1) is 0 Å². The van der Waals surface area contributed by atoms with Crippen LogP contribution in [-0.4, -0.2) is 71.7 Å². The topological polar surface area (TPSA) is 55.8 Å². The number of aliphatic carboxylic acids is 1. The van der Waals surface area contributed by atoms with Crippen LogP contribution in [0.15, 0.2) is 0 Å². The lowest BCUT2D eigenvalue weighted by Crippen LogP contribution is -2.50. The molecule has 5 heteroatoms. The zero-order valence-electron chi connectivity index (χ0n) is 13.6. The van der Waals surface area contributed by atoms with E-state index in [1.54, 1.807) is 0 Å². The molecular weight excluding hydrogens is 266 g/mol. The predicted molar refractivity (Wildman–Crippen MR) is 84.6 cm³/mol. The summed E-state index contributed by atoms with van der Waals surface area (Å²) < 4.78 is 0. The molecule has 0 radical (unpaired) electrons. The van der Waals surface area contributed by atoms with E-state index in [0.29, 0.717) is 6.04 Å². The molecule has 0 spiro atoms. The van der Waals surface area contributed by atoms with Gasteiger partial charge in [0, 0.05) is 32.2 Å². The number of hydrogen-bond donors (Lipinski definition) is 2. The van der Waals surface area contributed by atoms with E-state index in [-0.39, 0.29) is 0 Å². The molecule has 0 aromatic heterocycles. The SMILES string of the molecule is CCN1CCN(CCCCC(C)(NC2CC2)C(=O)O)CC1. The van der Waals surface area contributed by atoms with Crippen LogP contribution >= 0.6 is 0 Å². The van der Waals surface area contributed by atoms with Crippen LogP contribution in [0.25, 0.3) is 0 Å². The summed E-state index contributed by atoms with van der Waals surface area (Å²) in [6, 6.07) is 0.438. The number of hydrogen-bond acceptors (Lipinski definition) is 4. The second-order valence-corrected chi connectivity index (χ2v) is 6.79. The minimum Gasteiger partial charge on any atom is -0.480 e. The maximum atomic E-state index is 11.5. The normalized spacial score (nSPS) is 23.9. The van der Waals surface area contributed by atoms with Crippen LogP contribution in [-0.2, 0) is 4.79 Å². The summed E-state index contributed by atoms with van der Waals surface area (Å²) >= 11 is 0. The van der Waals surface area contributed by atoms with Crippen molar-refractivity contribution in [3.8, 4) is 0 Å². The predicted octanol–water partition coefficient (Wildman–Crippen LogP) is 1.39. The third-order valence-corrected chi connectivity index (χ3v) is 4.89. The first kappa shape index (κ1) is 16.7. The molecule has 0 amide bonds. The van der Waals surface area contributed by atoms with Gasteiger partial charge in [0.25, 0.3) is 0 Å². The molecule has 2 aliphatic rings. The Morgan fingerprint density at radius 3 is 2.33 bits per heavy atom. The second kappa shape index (κ2) is 7.56. The first-order valence-electron chi connectivity index (χ1n) is 8.49. The summed E-state index contributed by atoms with van der Waals surface area (Å²) in [5, 5.41) is 12.7. The minimum atomic E-state index is -0.734. The van der Waals surface area contributed by atoms with Gasteiger partial charge in [-0.2, -0.15) is 0 Å². The van der Waals surface area contributed by atoms with Crippen molar-refractivity contribution in [1.82, 2.24) is 15.1 Å². The summed E-state index contributed by atoms with van der Waals surface area (Å²) in [5.74, 6) is -0.703. The molecule has 0 bridgehead atoms. The lowest BCUT2D eigenvalue weighted by atomic mass is 9.94. The van der Waals surface area contributed by atoms with E-state index in [4.69, 9.17) is 0 Å². The van der Waals surface area contributed by atoms with Crippen molar-refractivity contribution in [1.29, 1.82) is 0 Å². The van der Waals surface area contributed by atoms with Gasteiger partial charge in [-0.05, 0) is 52.1 Å². The highest BCUT2D eigenvalue weighted by Gasteiger charge is 2.37. The van der Waals surface area contributed by atoms with Crippen LogP contribution < -0.4 is 5.32 Å². The smallest absolute Gasteiger partial charge is 0.323 e. The standard InChI is InChI=1S/C16H31N3O2/c1-3-18-10-12-19(13-11-18)9-5-4-8-16(2,15(20)21)17-14-6-7-14/h14,17H,3-13H2,1-2H3,(H,20,21). The van der Waals surface area contributed by atoms with Gasteiger partial charge in [-0.3, -0.25) is 10.1 Å². The lowest BCUT2D eigenvalue weighted by Gasteiger charge is -2.34. The van der Waals surface area contributed by atoms with Crippen LogP contribution in [0.5, 0.6) is 0 Å². The number of rotatable bonds is 9. The average Bonchev–Trinajstić information content (AvgIpc) is 3.28. The molecule has 1 atom stereocenters. The van der Waals surface area contributed by atoms with E-state index >= 15 is 0 Å². The van der Waals surface area contributed by atoms with Gasteiger partial charge < -0.3 is 14.9 Å². The number of carbonyl (C=O) groups is 1. The Balaban J connectivity index is 1.62. The van der Waals surface area contributed by atoms with Crippen LogP contribution in [0.3, 0.4) is 0 Å². The number of piperazine rings is 1. The highest BCUT2D eigenvalue weighted by atomic mass is 16.4. The number of carboxylic acids is 1. The summed E-state index contributed by atoms with van der Waals surface area (Å²) in [4.78, 5) is 16.5. The van der Waals surface area contributed by atoms with Gasteiger partial charge in [0.05, 0.1) is 0 Å². The average molecular weight is 297 g/mol. The summed E-state index contributed by atoms with van der Waals surface area (Å²) in [5.41, 5.74) is -0.734. The van der Waals surface area contributed by atoms with Crippen molar-refractivity contribution in [2.24, 2.45) is 0 Å². The Hall–Kier alpha value is -0.650. The van der Waals surface area contributed by atoms with Crippen molar-refractivity contribution < 1.29 is 9.90 Å². The van der Waals surface area contributed by atoms with E-state index in [0.717, 1.165) is 58.3 Å². The molecular formula is C16H31N3O2. The Kier molecular flexibility index (Phi) is 6.02. The molecule has 0 aromatic rings. The summed E-state index contributed by atoms with van der Waals surface area (Å²) in [6.07, 6.45) is 5.07. The van der Waals surface area contributed by atoms with Crippen molar-refractivity contribution in [2.45, 2.75) is 57.5 Å². The van der Waals surface area contributed by atoms with E-state index in [9.17, 15) is 9.90 Å². The molecule has 0 aromatic carbocycles. The Bertz CT molecular complexity index is 338. The lowest BCUT2D eigenvalue weighted by molar-refractivity contribution is -0.144. The van der Waals surface area contributed by atoms with Gasteiger partial charge in [-0.15, -0.1) is 0 Å². The van der Waals surface area contributed by atoms with Gasteiger partial charge in [0.1, 0.15) is 5.54 Å². The minimum absolute atomic E-state index is 0.438. The van der Waals surface area contributed by atoms with Crippen molar-refractivity contribution >= 4 is 5.97 Å². The van der Waals surface area contributed by atoms with Crippen molar-refractivity contribution in [3.05, 3.63) is 0 Å². The van der Waals surface area contributed by atoms with Crippen LogP contribution in [0.1, 0.15) is 46.0 Å². The quantitative estimate of drug-likeness (QED) is 0.630. The molecule has 1 saturated carbocycles. The van der Waals surface area contributed by atoms with Crippen LogP contribution in [0.4, 0.5) is 0 Å². The van der Waals surface area contributed by atoms with E-state index in [2.05, 4.69) is 22.0 Å². The maximum absolute atomic E-state index is 11.5. The Morgan fingerprint density at radius 1 is 1.19 bits per heavy atom. The number of nitrogens with one attached hydrogen (secondary N) is 1. The third-order valence-electron chi connectivity index (χ3n) is 4.89. The monoisotopic (exact) mass is 297 g/mol. The Morgan fingerprint density at radius 2 is 1.81 bits per heavy atom. The molecule has 122 valence electrons. The molecule has 1 aliphatic heterocycles. The van der Waals surface area contributed by atoms with Gasteiger partial charge >= 0.3 is 5.97 Å². The Labute approximate surface area is 128 Å². The molecule has 2 N–H and O–H groups in total. The third kappa shape index (κ3) is 5.24. The molecule has 1 saturated heterocycles. The van der Waals surface area contributed by atoms with E-state index in [1.807, 2.05) is 6.92 Å². The zero-order valence-corrected chi connectivity index (χ0v) is 13.6. The fraction of sp³-hybridized carbons (Fsp3) is 0.938. The molecule has 1 heterocycles. The second-order valence-electron chi connectivity index (χ2n) is 6.79. The highest BCUT2D eigenvalue weighted by molar-refractivity contribution is 5.78. The van der Waals surface area contributed by atoms with E-state index < -0.39 is 11.5 Å². The zero-order chi connectivity index (χ0) is 15.3. The molecule has 5 nitrogen and oxygen atoms in total. The summed E-state index contributed by atoms with van der Waals surface area (Å²) in [6.45, 7) is 11.0. The number of carboxylic acid groups (broad SMARTS) is 1. The largest absolute Gasteiger partial charge is 0.480 e. The first-order chi connectivity index (χ1) is 10.0. The van der Waals surface area contributed by atoms with Crippen LogP contribution in [0.2, 0.25) is 0 Å². The van der Waals surface area contributed by atoms with Gasteiger partial charge in [0.2, 0.25) is 0 Å². The van der Waals surface area contributed by atoms with Crippen molar-refractivity contribution in [3.63, 3.8) is 0 Å². The molecule has 2 rings (SSSR count). The maximum Gasteiger partial charge on any atom is 0.323 e. The van der Waals surface area contributed by atoms with Gasteiger partial charge in [-0.25, -0.2) is 0 Å². The number of nitrogens with zero attached hydrogens (tertiary/aromatic N) is 2. The first-order valence-corrected chi connectivity index (χ1v) is 8.49. The van der Waals surface area contributed by atoms with E-state index in [1.165, 1.54) is 13.1 Å². The highest BCUT2D eigenvalue weighted by Crippen LogP contribution is 2.25. The molecule has 21 heavy (non-hydrogen) atoms. The molecule has 1 aliphatic carbocycles. The molecule has 1 unspecified atom stereocenters. The fourth-order valence-electron chi connectivity index (χ4n) is 3.06. The number of likely N-dealkylation sites (N-methyl/N-ethyl adjacent to an activating group) is 1. The van der Waals surface area contributed by atoms with Gasteiger partial charge in [-0.1, -0.05) is 6.92 Å².